The monoisotopic (exact) mass is 239 g/mol. The summed E-state index contributed by atoms with van der Waals surface area (Å²) in [5, 5.41) is 7.41. The first-order chi connectivity index (χ1) is 7.84. The van der Waals surface area contributed by atoms with Crippen LogP contribution in [0.25, 0.3) is 0 Å². The van der Waals surface area contributed by atoms with Gasteiger partial charge in [0, 0.05) is 12.7 Å². The molecule has 0 aromatic carbocycles. The smallest absolute Gasteiger partial charge is 0.129 e. The van der Waals surface area contributed by atoms with Gasteiger partial charge in [0.1, 0.15) is 5.15 Å². The second-order valence-corrected chi connectivity index (χ2v) is 4.70. The molecule has 3 nitrogen and oxygen atoms in total. The highest BCUT2D eigenvalue weighted by molar-refractivity contribution is 6.29. The molecule has 2 rings (SSSR count). The number of pyridine rings is 1. The lowest BCUT2D eigenvalue weighted by Crippen LogP contribution is -2.33. The Morgan fingerprint density at radius 3 is 2.88 bits per heavy atom. The topological polar surface area (TPSA) is 37.0 Å². The first-order valence-electron chi connectivity index (χ1n) is 5.86. The molecule has 1 aromatic heterocycles. The van der Waals surface area contributed by atoms with Crippen LogP contribution in [0.2, 0.25) is 5.15 Å². The van der Waals surface area contributed by atoms with E-state index in [4.69, 9.17) is 11.6 Å². The molecule has 0 spiro atoms. The minimum Gasteiger partial charge on any atom is -0.317 e. The second kappa shape index (κ2) is 6.18. The first kappa shape index (κ1) is 11.8. The molecule has 1 aromatic rings. The van der Waals surface area contributed by atoms with Crippen molar-refractivity contribution in [3.63, 3.8) is 0 Å². The Morgan fingerprint density at radius 1 is 1.38 bits per heavy atom. The highest BCUT2D eigenvalue weighted by Crippen LogP contribution is 2.10. The number of hydrogen-bond acceptors (Lipinski definition) is 3. The van der Waals surface area contributed by atoms with Crippen LogP contribution in [0.1, 0.15) is 18.4 Å². The SMILES string of the molecule is Clc1ccc(CNCC2CCNCC2)cn1. The fourth-order valence-corrected chi connectivity index (χ4v) is 2.13. The summed E-state index contributed by atoms with van der Waals surface area (Å²) in [6.07, 6.45) is 4.40. The van der Waals surface area contributed by atoms with Crippen molar-refractivity contribution >= 4 is 11.6 Å². The van der Waals surface area contributed by atoms with E-state index in [1.54, 1.807) is 0 Å². The average molecular weight is 240 g/mol. The largest absolute Gasteiger partial charge is 0.317 e. The zero-order valence-corrected chi connectivity index (χ0v) is 10.1. The van der Waals surface area contributed by atoms with E-state index in [1.165, 1.54) is 18.4 Å². The summed E-state index contributed by atoms with van der Waals surface area (Å²) in [4.78, 5) is 4.06. The molecule has 1 saturated heterocycles. The third kappa shape index (κ3) is 3.74. The molecule has 4 heteroatoms. The molecule has 0 radical (unpaired) electrons. The van der Waals surface area contributed by atoms with Crippen LogP contribution in [-0.2, 0) is 6.54 Å². The number of halogens is 1. The van der Waals surface area contributed by atoms with E-state index in [9.17, 15) is 0 Å². The molecular formula is C12H18ClN3. The maximum Gasteiger partial charge on any atom is 0.129 e. The van der Waals surface area contributed by atoms with E-state index in [0.717, 1.165) is 32.1 Å². The van der Waals surface area contributed by atoms with E-state index >= 15 is 0 Å². The summed E-state index contributed by atoms with van der Waals surface area (Å²) in [5.41, 5.74) is 1.19. The Balaban J connectivity index is 1.69. The van der Waals surface area contributed by atoms with Crippen LogP contribution in [0.5, 0.6) is 0 Å². The summed E-state index contributed by atoms with van der Waals surface area (Å²) in [6, 6.07) is 3.86. The van der Waals surface area contributed by atoms with Crippen LogP contribution >= 0.6 is 11.6 Å². The van der Waals surface area contributed by atoms with Crippen LogP contribution in [-0.4, -0.2) is 24.6 Å². The number of nitrogens with zero attached hydrogens (tertiary/aromatic N) is 1. The molecule has 1 fully saturated rings. The number of nitrogens with one attached hydrogen (secondary N) is 2. The molecule has 88 valence electrons. The van der Waals surface area contributed by atoms with Crippen molar-refractivity contribution in [1.82, 2.24) is 15.6 Å². The predicted octanol–water partition coefficient (Wildman–Crippen LogP) is 1.82. The van der Waals surface area contributed by atoms with E-state index < -0.39 is 0 Å². The highest BCUT2D eigenvalue weighted by atomic mass is 35.5. The molecule has 0 unspecified atom stereocenters. The number of aromatic nitrogens is 1. The van der Waals surface area contributed by atoms with Crippen molar-refractivity contribution in [2.75, 3.05) is 19.6 Å². The fraction of sp³-hybridized carbons (Fsp3) is 0.583. The van der Waals surface area contributed by atoms with Gasteiger partial charge in [-0.3, -0.25) is 0 Å². The summed E-state index contributed by atoms with van der Waals surface area (Å²) < 4.78 is 0. The average Bonchev–Trinajstić information content (AvgIpc) is 2.33. The Morgan fingerprint density at radius 2 is 2.19 bits per heavy atom. The van der Waals surface area contributed by atoms with Crippen molar-refractivity contribution in [1.29, 1.82) is 0 Å². The lowest BCUT2D eigenvalue weighted by Gasteiger charge is -2.22. The zero-order valence-electron chi connectivity index (χ0n) is 9.38. The Kier molecular flexibility index (Phi) is 4.57. The zero-order chi connectivity index (χ0) is 11.2. The third-order valence-electron chi connectivity index (χ3n) is 3.01. The van der Waals surface area contributed by atoms with Crippen LogP contribution in [0.15, 0.2) is 18.3 Å². The quantitative estimate of drug-likeness (QED) is 0.788. The minimum atomic E-state index is 0.558. The standard InChI is InChI=1S/C12H18ClN3/c13-12-2-1-11(9-16-12)8-15-7-10-3-5-14-6-4-10/h1-2,9-10,14-15H,3-8H2. The molecule has 16 heavy (non-hydrogen) atoms. The molecule has 0 saturated carbocycles. The van der Waals surface area contributed by atoms with Gasteiger partial charge in [0.15, 0.2) is 0 Å². The van der Waals surface area contributed by atoms with Gasteiger partial charge in [-0.2, -0.15) is 0 Å². The Hall–Kier alpha value is -0.640. The van der Waals surface area contributed by atoms with E-state index in [-0.39, 0.29) is 0 Å². The van der Waals surface area contributed by atoms with E-state index in [1.807, 2.05) is 18.3 Å². The normalized spacial score (nSPS) is 17.6. The molecular weight excluding hydrogens is 222 g/mol. The molecule has 1 aliphatic heterocycles. The lowest BCUT2D eigenvalue weighted by atomic mass is 9.98. The Labute approximate surface area is 102 Å². The fourth-order valence-electron chi connectivity index (χ4n) is 2.02. The van der Waals surface area contributed by atoms with Crippen molar-refractivity contribution in [2.45, 2.75) is 19.4 Å². The second-order valence-electron chi connectivity index (χ2n) is 4.31. The van der Waals surface area contributed by atoms with Crippen molar-refractivity contribution < 1.29 is 0 Å². The van der Waals surface area contributed by atoms with Crippen LogP contribution in [0, 0.1) is 5.92 Å². The van der Waals surface area contributed by atoms with Gasteiger partial charge in [-0.15, -0.1) is 0 Å². The maximum absolute atomic E-state index is 5.73. The van der Waals surface area contributed by atoms with Gasteiger partial charge in [0.05, 0.1) is 0 Å². The van der Waals surface area contributed by atoms with Crippen LogP contribution in [0.4, 0.5) is 0 Å². The lowest BCUT2D eigenvalue weighted by molar-refractivity contribution is 0.356. The van der Waals surface area contributed by atoms with Gasteiger partial charge < -0.3 is 10.6 Å². The summed E-state index contributed by atoms with van der Waals surface area (Å²) in [7, 11) is 0. The van der Waals surface area contributed by atoms with Gasteiger partial charge in [0.2, 0.25) is 0 Å². The molecule has 1 aliphatic rings. The van der Waals surface area contributed by atoms with E-state index in [0.29, 0.717) is 5.15 Å². The van der Waals surface area contributed by atoms with Gasteiger partial charge in [0.25, 0.3) is 0 Å². The van der Waals surface area contributed by atoms with Crippen LogP contribution < -0.4 is 10.6 Å². The summed E-state index contributed by atoms with van der Waals surface area (Å²) >= 11 is 5.73. The molecule has 0 amide bonds. The third-order valence-corrected chi connectivity index (χ3v) is 3.23. The van der Waals surface area contributed by atoms with Gasteiger partial charge in [-0.25, -0.2) is 4.98 Å². The van der Waals surface area contributed by atoms with Gasteiger partial charge in [-0.1, -0.05) is 17.7 Å². The molecule has 0 bridgehead atoms. The number of rotatable bonds is 4. The van der Waals surface area contributed by atoms with Gasteiger partial charge in [-0.05, 0) is 50.0 Å². The molecule has 0 aliphatic carbocycles. The molecule has 0 atom stereocenters. The van der Waals surface area contributed by atoms with Crippen LogP contribution in [0.3, 0.4) is 0 Å². The summed E-state index contributed by atoms with van der Waals surface area (Å²) in [5.74, 6) is 0.821. The molecule has 2 heterocycles. The van der Waals surface area contributed by atoms with Gasteiger partial charge >= 0.3 is 0 Å². The number of hydrogen-bond donors (Lipinski definition) is 2. The predicted molar refractivity (Wildman–Crippen MR) is 66.5 cm³/mol. The van der Waals surface area contributed by atoms with Crippen molar-refractivity contribution in [3.05, 3.63) is 29.0 Å². The molecule has 2 N–H and O–H groups in total. The number of piperidine rings is 1. The van der Waals surface area contributed by atoms with E-state index in [2.05, 4.69) is 15.6 Å². The first-order valence-corrected chi connectivity index (χ1v) is 6.24. The highest BCUT2D eigenvalue weighted by Gasteiger charge is 2.11. The maximum atomic E-state index is 5.73. The minimum absolute atomic E-state index is 0.558. The van der Waals surface area contributed by atoms with Crippen molar-refractivity contribution in [3.8, 4) is 0 Å². The van der Waals surface area contributed by atoms with Crippen molar-refractivity contribution in [2.24, 2.45) is 5.92 Å². The summed E-state index contributed by atoms with van der Waals surface area (Å²) in [6.45, 7) is 4.31. The Bertz CT molecular complexity index is 307.